The van der Waals surface area contributed by atoms with Crippen molar-refractivity contribution in [3.63, 3.8) is 0 Å². The Morgan fingerprint density at radius 2 is 1.79 bits per heavy atom. The summed E-state index contributed by atoms with van der Waals surface area (Å²) in [6, 6.07) is 14.5. The number of anilines is 1. The first kappa shape index (κ1) is 27.1. The van der Waals surface area contributed by atoms with Crippen molar-refractivity contribution in [2.24, 2.45) is 0 Å². The second-order valence-corrected chi connectivity index (χ2v) is 9.44. The zero-order valence-electron chi connectivity index (χ0n) is 19.8. The van der Waals surface area contributed by atoms with Crippen molar-refractivity contribution in [3.05, 3.63) is 96.1 Å². The largest absolute Gasteiger partial charge is 0.490 e. The van der Waals surface area contributed by atoms with Crippen molar-refractivity contribution < 1.29 is 28.8 Å². The molecule has 4 rings (SSSR count). The maximum Gasteiger partial charge on any atom is 0.335 e. The van der Waals surface area contributed by atoms with Gasteiger partial charge in [-0.15, -0.1) is 0 Å². The number of hydrogen-bond acceptors (Lipinski definition) is 7. The Balaban J connectivity index is 1.66. The van der Waals surface area contributed by atoms with Gasteiger partial charge in [-0.25, -0.2) is 9.69 Å². The number of hydrogen-bond donors (Lipinski definition) is 1. The third-order valence-electron chi connectivity index (χ3n) is 5.39. The molecular formula is C26H19ClIN3O7. The predicted octanol–water partition coefficient (Wildman–Crippen LogP) is 5.50. The lowest BCUT2D eigenvalue weighted by atomic mass is 10.1. The summed E-state index contributed by atoms with van der Waals surface area (Å²) in [7, 11) is 0. The van der Waals surface area contributed by atoms with Gasteiger partial charge in [0.25, 0.3) is 17.5 Å². The Bertz CT molecular complexity index is 1470. The number of carbonyl (C=O) groups is 3. The van der Waals surface area contributed by atoms with Crippen LogP contribution in [-0.2, 0) is 16.2 Å². The molecule has 0 atom stereocenters. The molecule has 1 fully saturated rings. The monoisotopic (exact) mass is 647 g/mol. The van der Waals surface area contributed by atoms with Crippen LogP contribution in [0.3, 0.4) is 0 Å². The highest BCUT2D eigenvalue weighted by Crippen LogP contribution is 2.36. The molecular weight excluding hydrogens is 629 g/mol. The normalized spacial score (nSPS) is 14.4. The number of nitro groups is 1. The highest BCUT2D eigenvalue weighted by molar-refractivity contribution is 14.1. The quantitative estimate of drug-likeness (QED) is 0.113. The number of nitrogens with zero attached hydrogens (tertiary/aromatic N) is 2. The van der Waals surface area contributed by atoms with E-state index in [1.165, 1.54) is 18.2 Å². The first-order chi connectivity index (χ1) is 18.2. The lowest BCUT2D eigenvalue weighted by Gasteiger charge is -2.26. The summed E-state index contributed by atoms with van der Waals surface area (Å²) >= 11 is 8.29. The van der Waals surface area contributed by atoms with Crippen LogP contribution < -0.4 is 19.7 Å². The summed E-state index contributed by atoms with van der Waals surface area (Å²) in [5.74, 6) is -0.883. The molecule has 12 heteroatoms. The van der Waals surface area contributed by atoms with Crippen LogP contribution >= 0.6 is 34.2 Å². The van der Waals surface area contributed by atoms with Gasteiger partial charge in [-0.05, 0) is 71.5 Å². The van der Waals surface area contributed by atoms with Crippen molar-refractivity contribution in [1.29, 1.82) is 0 Å². The number of imide groups is 2. The summed E-state index contributed by atoms with van der Waals surface area (Å²) in [6.45, 7) is 2.34. The van der Waals surface area contributed by atoms with Gasteiger partial charge >= 0.3 is 6.03 Å². The van der Waals surface area contributed by atoms with E-state index in [-0.39, 0.29) is 23.6 Å². The molecule has 1 saturated heterocycles. The fraction of sp³-hybridized carbons (Fsp3) is 0.115. The number of benzene rings is 3. The van der Waals surface area contributed by atoms with Crippen LogP contribution in [0.5, 0.6) is 11.5 Å². The Morgan fingerprint density at radius 1 is 1.08 bits per heavy atom. The number of carbonyl (C=O) groups excluding carboxylic acids is 3. The molecule has 10 nitrogen and oxygen atoms in total. The molecule has 0 radical (unpaired) electrons. The number of rotatable bonds is 8. The predicted molar refractivity (Wildman–Crippen MR) is 148 cm³/mol. The van der Waals surface area contributed by atoms with E-state index in [4.69, 9.17) is 21.1 Å². The number of ether oxygens (including phenoxy) is 2. The van der Waals surface area contributed by atoms with Gasteiger partial charge in [0, 0.05) is 22.7 Å². The van der Waals surface area contributed by atoms with E-state index in [0.29, 0.717) is 32.3 Å². The number of nitro benzene ring substituents is 1. The number of nitrogens with one attached hydrogen (secondary N) is 1. The summed E-state index contributed by atoms with van der Waals surface area (Å²) < 4.78 is 12.4. The molecule has 4 amide bonds. The molecule has 1 aliphatic heterocycles. The lowest BCUT2D eigenvalue weighted by Crippen LogP contribution is -2.54. The van der Waals surface area contributed by atoms with E-state index in [1.54, 1.807) is 18.2 Å². The van der Waals surface area contributed by atoms with Gasteiger partial charge < -0.3 is 9.47 Å². The Morgan fingerprint density at radius 3 is 2.45 bits per heavy atom. The van der Waals surface area contributed by atoms with Crippen LogP contribution in [-0.4, -0.2) is 29.4 Å². The maximum absolute atomic E-state index is 13.2. The van der Waals surface area contributed by atoms with Gasteiger partial charge in [-0.1, -0.05) is 29.8 Å². The zero-order chi connectivity index (χ0) is 27.4. The molecule has 38 heavy (non-hydrogen) atoms. The highest BCUT2D eigenvalue weighted by Gasteiger charge is 2.37. The van der Waals surface area contributed by atoms with Crippen molar-refractivity contribution in [2.75, 3.05) is 11.5 Å². The fourth-order valence-electron chi connectivity index (χ4n) is 3.62. The molecule has 0 saturated carbocycles. The average Bonchev–Trinajstić information content (AvgIpc) is 2.87. The summed E-state index contributed by atoms with van der Waals surface area (Å²) in [4.78, 5) is 49.3. The van der Waals surface area contributed by atoms with E-state index < -0.39 is 22.8 Å². The van der Waals surface area contributed by atoms with E-state index in [0.717, 1.165) is 22.6 Å². The number of urea groups is 1. The van der Waals surface area contributed by atoms with Crippen LogP contribution in [0.1, 0.15) is 18.1 Å². The van der Waals surface area contributed by atoms with Crippen LogP contribution in [0.25, 0.3) is 6.08 Å². The third kappa shape index (κ3) is 5.78. The molecule has 194 valence electrons. The minimum atomic E-state index is -0.959. The molecule has 0 bridgehead atoms. The van der Waals surface area contributed by atoms with Gasteiger partial charge in [0.1, 0.15) is 12.2 Å². The fourth-order valence-corrected chi connectivity index (χ4v) is 4.59. The first-order valence-corrected chi connectivity index (χ1v) is 12.6. The van der Waals surface area contributed by atoms with Gasteiger partial charge in [0.2, 0.25) is 0 Å². The van der Waals surface area contributed by atoms with Gasteiger partial charge in [-0.3, -0.25) is 25.0 Å². The summed E-state index contributed by atoms with van der Waals surface area (Å²) in [5.41, 5.74) is 0.814. The second kappa shape index (κ2) is 11.6. The standard InChI is InChI=1S/C26H19ClIN3O7/c1-2-37-22-13-15(12-21(28)23(22)38-14-16-5-3-4-6-20(16)27)11-19-24(32)29-26(34)30(25(19)33)17-7-9-18(10-8-17)31(35)36/h3-13H,2,14H2,1H3,(H,29,32,34)/b19-11+. The van der Waals surface area contributed by atoms with Crippen molar-refractivity contribution in [2.45, 2.75) is 13.5 Å². The molecule has 0 aliphatic carbocycles. The smallest absolute Gasteiger partial charge is 0.335 e. The Labute approximate surface area is 235 Å². The van der Waals surface area contributed by atoms with Gasteiger partial charge in [0.05, 0.1) is 20.8 Å². The van der Waals surface area contributed by atoms with Gasteiger partial charge in [0.15, 0.2) is 11.5 Å². The lowest BCUT2D eigenvalue weighted by molar-refractivity contribution is -0.384. The molecule has 0 aromatic heterocycles. The number of non-ortho nitro benzene ring substituents is 1. The third-order valence-corrected chi connectivity index (χ3v) is 6.56. The minimum Gasteiger partial charge on any atom is -0.490 e. The van der Waals surface area contributed by atoms with Crippen molar-refractivity contribution in [3.8, 4) is 11.5 Å². The number of halogens is 2. The minimum absolute atomic E-state index is 0.0735. The van der Waals surface area contributed by atoms with Crippen LogP contribution in [0, 0.1) is 13.7 Å². The van der Waals surface area contributed by atoms with Gasteiger partial charge in [-0.2, -0.15) is 0 Å². The summed E-state index contributed by atoms with van der Waals surface area (Å²) in [5, 5.41) is 13.6. The highest BCUT2D eigenvalue weighted by atomic mass is 127. The topological polar surface area (TPSA) is 128 Å². The zero-order valence-corrected chi connectivity index (χ0v) is 22.7. The molecule has 1 heterocycles. The maximum atomic E-state index is 13.2. The second-order valence-electron chi connectivity index (χ2n) is 7.87. The number of barbiturate groups is 1. The van der Waals surface area contributed by atoms with Crippen LogP contribution in [0.4, 0.5) is 16.2 Å². The first-order valence-electron chi connectivity index (χ1n) is 11.2. The molecule has 1 aliphatic rings. The summed E-state index contributed by atoms with van der Waals surface area (Å²) in [6.07, 6.45) is 1.34. The Hall–Kier alpha value is -3.97. The molecule has 1 N–H and O–H groups in total. The molecule has 0 spiro atoms. The SMILES string of the molecule is CCOc1cc(/C=C2\C(=O)NC(=O)N(c3ccc([N+](=O)[O-])cc3)C2=O)cc(I)c1OCc1ccccc1Cl. The van der Waals surface area contributed by atoms with Crippen molar-refractivity contribution in [1.82, 2.24) is 5.32 Å². The number of amides is 4. The van der Waals surface area contributed by atoms with Crippen LogP contribution in [0.2, 0.25) is 5.02 Å². The van der Waals surface area contributed by atoms with E-state index in [2.05, 4.69) is 27.9 Å². The molecule has 0 unspecified atom stereocenters. The molecule has 3 aromatic rings. The van der Waals surface area contributed by atoms with E-state index in [1.807, 2.05) is 25.1 Å². The van der Waals surface area contributed by atoms with Crippen LogP contribution in [0.15, 0.2) is 66.2 Å². The van der Waals surface area contributed by atoms with Crippen molar-refractivity contribution >= 4 is 69.5 Å². The van der Waals surface area contributed by atoms with E-state index >= 15 is 0 Å². The Kier molecular flexibility index (Phi) is 8.27. The molecule has 3 aromatic carbocycles. The van der Waals surface area contributed by atoms with E-state index in [9.17, 15) is 24.5 Å². The average molecular weight is 648 g/mol.